The maximum atomic E-state index is 2.38. The van der Waals surface area contributed by atoms with E-state index >= 15 is 0 Å². The molecule has 0 aliphatic carbocycles. The average molecular weight is 431 g/mol. The first kappa shape index (κ1) is 28.2. The molecule has 1 nitrogen and oxygen atoms in total. The predicted molar refractivity (Wildman–Crippen MR) is 139 cm³/mol. The van der Waals surface area contributed by atoms with Crippen LogP contribution in [0.1, 0.15) is 154 Å². The van der Waals surface area contributed by atoms with Gasteiger partial charge in [0.15, 0.2) is 12.4 Å². The lowest BCUT2D eigenvalue weighted by atomic mass is 10.0. The van der Waals surface area contributed by atoms with Crippen LogP contribution in [0, 0.1) is 0 Å². The van der Waals surface area contributed by atoms with Crippen LogP contribution in [-0.2, 0) is 13.0 Å². The van der Waals surface area contributed by atoms with Crippen LogP contribution in [0.15, 0.2) is 24.5 Å². The average Bonchev–Trinajstić information content (AvgIpc) is 2.79. The molecule has 1 heterocycles. The van der Waals surface area contributed by atoms with Crippen molar-refractivity contribution >= 4 is 0 Å². The first-order valence-electron chi connectivity index (χ1n) is 14.3. The summed E-state index contributed by atoms with van der Waals surface area (Å²) in [6.07, 6.45) is 35.8. The molecule has 1 heteroatoms. The highest BCUT2D eigenvalue weighted by atomic mass is 14.9. The van der Waals surface area contributed by atoms with Gasteiger partial charge in [-0.05, 0) is 24.8 Å². The van der Waals surface area contributed by atoms with Crippen molar-refractivity contribution in [2.45, 2.75) is 162 Å². The second kappa shape index (κ2) is 22.3. The smallest absolute Gasteiger partial charge is 0.169 e. The van der Waals surface area contributed by atoms with Crippen molar-refractivity contribution in [1.29, 1.82) is 0 Å². The van der Waals surface area contributed by atoms with Gasteiger partial charge in [0.25, 0.3) is 0 Å². The van der Waals surface area contributed by atoms with Gasteiger partial charge in [-0.25, -0.2) is 4.57 Å². The Morgan fingerprint density at radius 1 is 0.452 bits per heavy atom. The molecule has 1 aromatic heterocycles. The standard InChI is InChI=1S/C30H56N/c1-3-5-7-9-11-12-13-14-15-16-17-18-19-21-23-27-31-28-25-30(26-29-31)24-22-20-10-8-6-4-2/h25-26,28-29H,3-24,27H2,1-2H3/q+1. The molecular weight excluding hydrogens is 374 g/mol. The molecule has 0 radical (unpaired) electrons. The van der Waals surface area contributed by atoms with E-state index in [0.29, 0.717) is 0 Å². The third kappa shape index (κ3) is 18.4. The van der Waals surface area contributed by atoms with Crippen LogP contribution in [-0.4, -0.2) is 0 Å². The number of pyridine rings is 1. The number of aryl methyl sites for hydroxylation is 2. The fourth-order valence-electron chi connectivity index (χ4n) is 4.58. The van der Waals surface area contributed by atoms with E-state index in [-0.39, 0.29) is 0 Å². The molecule has 0 fully saturated rings. The number of hydrogen-bond donors (Lipinski definition) is 0. The summed E-state index contributed by atoms with van der Waals surface area (Å²) in [4.78, 5) is 0. The summed E-state index contributed by atoms with van der Waals surface area (Å²) < 4.78 is 2.38. The lowest BCUT2D eigenvalue weighted by Gasteiger charge is -2.03. The third-order valence-corrected chi connectivity index (χ3v) is 6.80. The van der Waals surface area contributed by atoms with Gasteiger partial charge >= 0.3 is 0 Å². The molecular formula is C30H56N+. The minimum atomic E-state index is 1.19. The van der Waals surface area contributed by atoms with Gasteiger partial charge in [-0.2, -0.15) is 0 Å². The minimum Gasteiger partial charge on any atom is -0.205 e. The predicted octanol–water partition coefficient (Wildman–Crippen LogP) is 9.75. The second-order valence-corrected chi connectivity index (χ2v) is 9.91. The summed E-state index contributed by atoms with van der Waals surface area (Å²) in [6, 6.07) is 4.69. The molecule has 1 aromatic rings. The van der Waals surface area contributed by atoms with Crippen molar-refractivity contribution in [3.05, 3.63) is 30.1 Å². The highest BCUT2D eigenvalue weighted by Crippen LogP contribution is 2.13. The van der Waals surface area contributed by atoms with Crippen LogP contribution < -0.4 is 4.57 Å². The number of hydrogen-bond acceptors (Lipinski definition) is 0. The zero-order valence-electron chi connectivity index (χ0n) is 21.5. The molecule has 0 N–H and O–H groups in total. The van der Waals surface area contributed by atoms with Crippen molar-refractivity contribution in [1.82, 2.24) is 0 Å². The zero-order valence-corrected chi connectivity index (χ0v) is 21.5. The summed E-state index contributed by atoms with van der Waals surface area (Å²) in [5, 5.41) is 0. The van der Waals surface area contributed by atoms with E-state index in [9.17, 15) is 0 Å². The summed E-state index contributed by atoms with van der Waals surface area (Å²) in [5.74, 6) is 0. The van der Waals surface area contributed by atoms with Gasteiger partial charge in [-0.15, -0.1) is 0 Å². The van der Waals surface area contributed by atoms with Crippen LogP contribution in [0.5, 0.6) is 0 Å². The number of nitrogens with zero attached hydrogens (tertiary/aromatic N) is 1. The van der Waals surface area contributed by atoms with Gasteiger partial charge in [0.1, 0.15) is 6.54 Å². The molecule has 0 amide bonds. The Hall–Kier alpha value is -0.850. The highest BCUT2D eigenvalue weighted by Gasteiger charge is 2.02. The topological polar surface area (TPSA) is 3.88 Å². The van der Waals surface area contributed by atoms with Crippen molar-refractivity contribution in [3.63, 3.8) is 0 Å². The molecule has 0 aliphatic rings. The Morgan fingerprint density at radius 2 is 0.806 bits per heavy atom. The quantitative estimate of drug-likeness (QED) is 0.120. The van der Waals surface area contributed by atoms with Crippen LogP contribution in [0.3, 0.4) is 0 Å². The maximum Gasteiger partial charge on any atom is 0.169 e. The fourth-order valence-corrected chi connectivity index (χ4v) is 4.58. The van der Waals surface area contributed by atoms with Gasteiger partial charge in [-0.1, -0.05) is 129 Å². The van der Waals surface area contributed by atoms with Crippen LogP contribution >= 0.6 is 0 Å². The van der Waals surface area contributed by atoms with Crippen LogP contribution in [0.4, 0.5) is 0 Å². The first-order chi connectivity index (χ1) is 15.4. The monoisotopic (exact) mass is 430 g/mol. The van der Waals surface area contributed by atoms with E-state index in [4.69, 9.17) is 0 Å². The van der Waals surface area contributed by atoms with Crippen molar-refractivity contribution in [3.8, 4) is 0 Å². The first-order valence-corrected chi connectivity index (χ1v) is 14.3. The Kier molecular flexibility index (Phi) is 20.3. The molecule has 0 bridgehead atoms. The van der Waals surface area contributed by atoms with Gasteiger partial charge in [-0.3, -0.25) is 0 Å². The normalized spacial score (nSPS) is 11.3. The number of aromatic nitrogens is 1. The van der Waals surface area contributed by atoms with E-state index in [1.165, 1.54) is 153 Å². The van der Waals surface area contributed by atoms with Gasteiger partial charge < -0.3 is 0 Å². The van der Waals surface area contributed by atoms with E-state index in [1.807, 2.05) is 0 Å². The van der Waals surface area contributed by atoms with E-state index < -0.39 is 0 Å². The van der Waals surface area contributed by atoms with E-state index in [0.717, 1.165) is 0 Å². The molecule has 1 rings (SSSR count). The lowest BCUT2D eigenvalue weighted by molar-refractivity contribution is -0.697. The summed E-state index contributed by atoms with van der Waals surface area (Å²) in [7, 11) is 0. The largest absolute Gasteiger partial charge is 0.205 e. The third-order valence-electron chi connectivity index (χ3n) is 6.80. The summed E-state index contributed by atoms with van der Waals surface area (Å²) >= 11 is 0. The molecule has 0 aliphatic heterocycles. The Labute approximate surface area is 196 Å². The minimum absolute atomic E-state index is 1.19. The molecule has 0 saturated carbocycles. The van der Waals surface area contributed by atoms with Crippen LogP contribution in [0.2, 0.25) is 0 Å². The Bertz CT molecular complexity index is 464. The maximum absolute atomic E-state index is 2.38. The molecule has 0 aromatic carbocycles. The molecule has 0 saturated heterocycles. The van der Waals surface area contributed by atoms with Crippen LogP contribution in [0.25, 0.3) is 0 Å². The lowest BCUT2D eigenvalue weighted by Crippen LogP contribution is -2.32. The van der Waals surface area contributed by atoms with Gasteiger partial charge in [0.05, 0.1) is 0 Å². The molecule has 0 atom stereocenters. The molecule has 180 valence electrons. The molecule has 0 unspecified atom stereocenters. The van der Waals surface area contributed by atoms with Gasteiger partial charge in [0.2, 0.25) is 0 Å². The summed E-state index contributed by atoms with van der Waals surface area (Å²) in [6.45, 7) is 5.78. The second-order valence-electron chi connectivity index (χ2n) is 9.91. The fraction of sp³-hybridized carbons (Fsp3) is 0.833. The number of unbranched alkanes of at least 4 members (excludes halogenated alkanes) is 19. The van der Waals surface area contributed by atoms with Gasteiger partial charge in [0, 0.05) is 18.6 Å². The molecule has 31 heavy (non-hydrogen) atoms. The highest BCUT2D eigenvalue weighted by molar-refractivity contribution is 5.07. The van der Waals surface area contributed by atoms with Crippen molar-refractivity contribution < 1.29 is 4.57 Å². The summed E-state index contributed by atoms with van der Waals surface area (Å²) in [5.41, 5.74) is 1.52. The Balaban J connectivity index is 1.86. The molecule has 0 spiro atoms. The van der Waals surface area contributed by atoms with Crippen molar-refractivity contribution in [2.75, 3.05) is 0 Å². The zero-order chi connectivity index (χ0) is 22.2. The SMILES string of the molecule is CCCCCCCCCCCCCCCCC[n+]1ccc(CCCCCCCC)cc1. The van der Waals surface area contributed by atoms with E-state index in [1.54, 1.807) is 0 Å². The van der Waals surface area contributed by atoms with E-state index in [2.05, 4.69) is 42.9 Å². The Morgan fingerprint density at radius 3 is 1.23 bits per heavy atom. The van der Waals surface area contributed by atoms with Crippen molar-refractivity contribution in [2.24, 2.45) is 0 Å². The number of rotatable bonds is 23.